The molecule has 1 aromatic carbocycles. The van der Waals surface area contributed by atoms with Crippen LogP contribution >= 0.6 is 12.4 Å². The summed E-state index contributed by atoms with van der Waals surface area (Å²) in [5.74, 6) is -0.141. The van der Waals surface area contributed by atoms with Gasteiger partial charge in [0.25, 0.3) is 0 Å². The lowest BCUT2D eigenvalue weighted by molar-refractivity contribution is 0.171. The molecule has 2 aliphatic rings. The third-order valence-electron chi connectivity index (χ3n) is 4.71. The smallest absolute Gasteiger partial charge is 0.123 e. The van der Waals surface area contributed by atoms with E-state index in [2.05, 4.69) is 17.1 Å². The molecular formula is C17H26ClFN2. The van der Waals surface area contributed by atoms with Crippen molar-refractivity contribution in [1.82, 2.24) is 10.2 Å². The van der Waals surface area contributed by atoms with E-state index >= 15 is 0 Å². The molecular weight excluding hydrogens is 287 g/mol. The number of hydrogen-bond acceptors (Lipinski definition) is 2. The molecule has 1 aromatic rings. The van der Waals surface area contributed by atoms with E-state index in [9.17, 15) is 4.39 Å². The molecule has 1 N–H and O–H groups in total. The summed E-state index contributed by atoms with van der Waals surface area (Å²) in [5.41, 5.74) is 1.68. The van der Waals surface area contributed by atoms with E-state index in [4.69, 9.17) is 0 Å². The van der Waals surface area contributed by atoms with E-state index in [0.29, 0.717) is 5.41 Å². The Labute approximate surface area is 133 Å². The molecule has 2 fully saturated rings. The molecule has 1 atom stereocenters. The van der Waals surface area contributed by atoms with Crippen LogP contribution in [0, 0.1) is 11.2 Å². The number of nitrogens with zero attached hydrogens (tertiary/aromatic N) is 1. The molecule has 1 aliphatic carbocycles. The van der Waals surface area contributed by atoms with E-state index in [0.717, 1.165) is 32.1 Å². The van der Waals surface area contributed by atoms with Crippen LogP contribution in [0.4, 0.5) is 4.39 Å². The van der Waals surface area contributed by atoms with Gasteiger partial charge in [0.2, 0.25) is 0 Å². The lowest BCUT2D eigenvalue weighted by atomic mass is 9.89. The first-order valence-corrected chi connectivity index (χ1v) is 7.84. The van der Waals surface area contributed by atoms with Crippen LogP contribution in [0.5, 0.6) is 0 Å². The monoisotopic (exact) mass is 312 g/mol. The maximum absolute atomic E-state index is 12.9. The molecule has 1 aliphatic heterocycles. The van der Waals surface area contributed by atoms with Gasteiger partial charge in [0.15, 0.2) is 0 Å². The minimum absolute atomic E-state index is 0. The average Bonchev–Trinajstić information content (AvgIpc) is 3.20. The Balaban J connectivity index is 0.00000161. The standard InChI is InChI=1S/C17H25FN2.ClH/c1-17(9-10-19-12-17)13-20(16-6-7-16)11-8-14-2-4-15(18)5-3-14;/h2-5,16,19H,6-13H2,1H3;1H. The van der Waals surface area contributed by atoms with Gasteiger partial charge in [-0.2, -0.15) is 0 Å². The summed E-state index contributed by atoms with van der Waals surface area (Å²) >= 11 is 0. The zero-order chi connectivity index (χ0) is 14.0. The molecule has 1 saturated carbocycles. The summed E-state index contributed by atoms with van der Waals surface area (Å²) in [6.45, 7) is 7.01. The summed E-state index contributed by atoms with van der Waals surface area (Å²) in [6, 6.07) is 7.77. The average molecular weight is 313 g/mol. The Morgan fingerprint density at radius 1 is 1.29 bits per heavy atom. The zero-order valence-corrected chi connectivity index (χ0v) is 13.6. The molecule has 0 amide bonds. The van der Waals surface area contributed by atoms with Crippen LogP contribution < -0.4 is 5.32 Å². The summed E-state index contributed by atoms with van der Waals surface area (Å²) in [7, 11) is 0. The lowest BCUT2D eigenvalue weighted by Crippen LogP contribution is -2.39. The summed E-state index contributed by atoms with van der Waals surface area (Å²) in [5, 5.41) is 3.49. The van der Waals surface area contributed by atoms with Crippen LogP contribution in [0.15, 0.2) is 24.3 Å². The first-order chi connectivity index (χ1) is 9.65. The van der Waals surface area contributed by atoms with Gasteiger partial charge in [0, 0.05) is 25.7 Å². The summed E-state index contributed by atoms with van der Waals surface area (Å²) < 4.78 is 12.9. The van der Waals surface area contributed by atoms with Gasteiger partial charge < -0.3 is 5.32 Å². The molecule has 3 rings (SSSR count). The number of rotatable bonds is 6. The van der Waals surface area contributed by atoms with E-state index in [1.807, 2.05) is 12.1 Å². The highest BCUT2D eigenvalue weighted by Crippen LogP contribution is 2.33. The number of hydrogen-bond donors (Lipinski definition) is 1. The Hall–Kier alpha value is -0.640. The predicted octanol–water partition coefficient (Wildman–Crippen LogP) is 3.25. The van der Waals surface area contributed by atoms with Crippen LogP contribution in [-0.2, 0) is 6.42 Å². The van der Waals surface area contributed by atoms with Gasteiger partial charge in [-0.1, -0.05) is 19.1 Å². The molecule has 0 radical (unpaired) electrons. The van der Waals surface area contributed by atoms with Gasteiger partial charge in [0.1, 0.15) is 5.82 Å². The lowest BCUT2D eigenvalue weighted by Gasteiger charge is -2.32. The van der Waals surface area contributed by atoms with E-state index in [1.165, 1.54) is 31.4 Å². The second-order valence-corrected chi connectivity index (χ2v) is 6.82. The molecule has 0 spiro atoms. The van der Waals surface area contributed by atoms with E-state index < -0.39 is 0 Å². The van der Waals surface area contributed by atoms with Crippen molar-refractivity contribution in [3.05, 3.63) is 35.6 Å². The quantitative estimate of drug-likeness (QED) is 0.867. The third kappa shape index (κ3) is 4.67. The number of nitrogens with one attached hydrogen (secondary N) is 1. The topological polar surface area (TPSA) is 15.3 Å². The Kier molecular flexibility index (Phi) is 5.64. The maximum Gasteiger partial charge on any atom is 0.123 e. The van der Waals surface area contributed by atoms with Gasteiger partial charge in [-0.15, -0.1) is 12.4 Å². The van der Waals surface area contributed by atoms with Gasteiger partial charge in [-0.3, -0.25) is 4.90 Å². The normalized spacial score (nSPS) is 25.1. The van der Waals surface area contributed by atoms with Crippen LogP contribution in [0.2, 0.25) is 0 Å². The molecule has 2 nitrogen and oxygen atoms in total. The highest BCUT2D eigenvalue weighted by molar-refractivity contribution is 5.85. The van der Waals surface area contributed by atoms with Gasteiger partial charge in [-0.25, -0.2) is 4.39 Å². The van der Waals surface area contributed by atoms with Crippen molar-refractivity contribution >= 4 is 12.4 Å². The van der Waals surface area contributed by atoms with Crippen molar-refractivity contribution < 1.29 is 4.39 Å². The Morgan fingerprint density at radius 2 is 2.00 bits per heavy atom. The second-order valence-electron chi connectivity index (χ2n) is 6.82. The molecule has 1 unspecified atom stereocenters. The molecule has 118 valence electrons. The Bertz CT molecular complexity index is 439. The minimum Gasteiger partial charge on any atom is -0.316 e. The van der Waals surface area contributed by atoms with Crippen LogP contribution in [-0.4, -0.2) is 37.1 Å². The van der Waals surface area contributed by atoms with Gasteiger partial charge >= 0.3 is 0 Å². The number of halogens is 2. The van der Waals surface area contributed by atoms with E-state index in [1.54, 1.807) is 12.1 Å². The fraction of sp³-hybridized carbons (Fsp3) is 0.647. The van der Waals surface area contributed by atoms with E-state index in [-0.39, 0.29) is 18.2 Å². The summed E-state index contributed by atoms with van der Waals surface area (Å²) in [6.07, 6.45) is 5.02. The van der Waals surface area contributed by atoms with Crippen molar-refractivity contribution in [2.45, 2.75) is 38.6 Å². The van der Waals surface area contributed by atoms with Crippen molar-refractivity contribution in [2.24, 2.45) is 5.41 Å². The molecule has 1 heterocycles. The second kappa shape index (κ2) is 7.08. The van der Waals surface area contributed by atoms with Crippen LogP contribution in [0.1, 0.15) is 31.7 Å². The first kappa shape index (κ1) is 16.7. The zero-order valence-electron chi connectivity index (χ0n) is 12.8. The van der Waals surface area contributed by atoms with Crippen molar-refractivity contribution in [2.75, 3.05) is 26.2 Å². The predicted molar refractivity (Wildman–Crippen MR) is 87.5 cm³/mol. The minimum atomic E-state index is -0.141. The maximum atomic E-state index is 12.9. The molecule has 0 aromatic heterocycles. The number of benzene rings is 1. The van der Waals surface area contributed by atoms with Gasteiger partial charge in [0.05, 0.1) is 0 Å². The molecule has 0 bridgehead atoms. The highest BCUT2D eigenvalue weighted by Gasteiger charge is 2.36. The molecule has 4 heteroatoms. The van der Waals surface area contributed by atoms with Gasteiger partial charge in [-0.05, 0) is 55.3 Å². The van der Waals surface area contributed by atoms with Crippen molar-refractivity contribution in [1.29, 1.82) is 0 Å². The molecule has 1 saturated heterocycles. The SMILES string of the molecule is CC1(CN(CCc2ccc(F)cc2)C2CC2)CCNC1.Cl. The van der Waals surface area contributed by atoms with Crippen molar-refractivity contribution in [3.63, 3.8) is 0 Å². The van der Waals surface area contributed by atoms with Crippen LogP contribution in [0.3, 0.4) is 0 Å². The largest absolute Gasteiger partial charge is 0.316 e. The first-order valence-electron chi connectivity index (χ1n) is 7.84. The highest BCUT2D eigenvalue weighted by atomic mass is 35.5. The fourth-order valence-corrected chi connectivity index (χ4v) is 3.25. The summed E-state index contributed by atoms with van der Waals surface area (Å²) in [4.78, 5) is 2.66. The Morgan fingerprint density at radius 3 is 2.57 bits per heavy atom. The van der Waals surface area contributed by atoms with Crippen LogP contribution in [0.25, 0.3) is 0 Å². The fourth-order valence-electron chi connectivity index (χ4n) is 3.25. The van der Waals surface area contributed by atoms with Crippen molar-refractivity contribution in [3.8, 4) is 0 Å². The third-order valence-corrected chi connectivity index (χ3v) is 4.71. The molecule has 21 heavy (non-hydrogen) atoms.